The number of rotatable bonds is 0. The standard InChI is InChI=1S/C4H6F3O4P/c1-2-10-3(4(5,6)7)12(8,9)11-2/h2-3H,1H3,(H,8,9). The van der Waals surface area contributed by atoms with Crippen LogP contribution in [0.15, 0.2) is 0 Å². The van der Waals surface area contributed by atoms with Crippen molar-refractivity contribution >= 4 is 7.60 Å². The van der Waals surface area contributed by atoms with Gasteiger partial charge in [-0.15, -0.1) is 0 Å². The molecule has 1 rings (SSSR count). The summed E-state index contributed by atoms with van der Waals surface area (Å²) in [5.74, 6) is -2.71. The van der Waals surface area contributed by atoms with E-state index in [1.807, 2.05) is 0 Å². The molecule has 0 saturated carbocycles. The maximum absolute atomic E-state index is 11.9. The van der Waals surface area contributed by atoms with Crippen LogP contribution in [0, 0.1) is 0 Å². The van der Waals surface area contributed by atoms with Gasteiger partial charge < -0.3 is 9.63 Å². The van der Waals surface area contributed by atoms with E-state index in [1.54, 1.807) is 0 Å². The van der Waals surface area contributed by atoms with Crippen LogP contribution in [0.25, 0.3) is 0 Å². The van der Waals surface area contributed by atoms with Crippen molar-refractivity contribution in [3.8, 4) is 0 Å². The topological polar surface area (TPSA) is 55.8 Å². The van der Waals surface area contributed by atoms with Crippen LogP contribution in [0.4, 0.5) is 13.2 Å². The molecule has 0 bridgehead atoms. The third-order valence-corrected chi connectivity index (χ3v) is 2.80. The molecule has 0 spiro atoms. The number of alkyl halides is 3. The molecule has 1 aliphatic heterocycles. The quantitative estimate of drug-likeness (QED) is 0.609. The van der Waals surface area contributed by atoms with Crippen molar-refractivity contribution in [1.29, 1.82) is 0 Å². The first kappa shape index (κ1) is 9.98. The molecule has 8 heteroatoms. The summed E-state index contributed by atoms with van der Waals surface area (Å²) >= 11 is 0. The highest BCUT2D eigenvalue weighted by Gasteiger charge is 2.59. The Morgan fingerprint density at radius 3 is 2.17 bits per heavy atom. The van der Waals surface area contributed by atoms with Crippen LogP contribution in [0.2, 0.25) is 0 Å². The second-order valence-electron chi connectivity index (χ2n) is 2.27. The van der Waals surface area contributed by atoms with Gasteiger partial charge in [-0.1, -0.05) is 0 Å². The predicted molar refractivity (Wildman–Crippen MR) is 31.3 cm³/mol. The van der Waals surface area contributed by atoms with Crippen LogP contribution in [-0.4, -0.2) is 23.2 Å². The van der Waals surface area contributed by atoms with Crippen LogP contribution in [0.1, 0.15) is 6.92 Å². The zero-order chi connectivity index (χ0) is 9.57. The van der Waals surface area contributed by atoms with E-state index >= 15 is 0 Å². The normalized spacial score (nSPS) is 43.4. The van der Waals surface area contributed by atoms with Crippen molar-refractivity contribution in [1.82, 2.24) is 0 Å². The van der Waals surface area contributed by atoms with Crippen molar-refractivity contribution in [2.75, 3.05) is 0 Å². The lowest BCUT2D eigenvalue weighted by atomic mass is 10.7. The largest absolute Gasteiger partial charge is 0.426 e. The summed E-state index contributed by atoms with van der Waals surface area (Å²) in [4.78, 5) is 8.65. The molecule has 1 saturated heterocycles. The Hall–Kier alpha value is -0.100. The number of ether oxygens (including phenoxy) is 1. The second-order valence-corrected chi connectivity index (χ2v) is 4.08. The molecule has 0 amide bonds. The number of hydrogen-bond donors (Lipinski definition) is 1. The summed E-state index contributed by atoms with van der Waals surface area (Å²) < 4.78 is 54.5. The Labute approximate surface area is 65.8 Å². The molecule has 72 valence electrons. The maximum atomic E-state index is 11.9. The van der Waals surface area contributed by atoms with Crippen molar-refractivity contribution < 1.29 is 31.9 Å². The number of hydrogen-bond acceptors (Lipinski definition) is 3. The van der Waals surface area contributed by atoms with Crippen molar-refractivity contribution in [3.63, 3.8) is 0 Å². The van der Waals surface area contributed by atoms with Gasteiger partial charge in [-0.3, -0.25) is 9.09 Å². The maximum Gasteiger partial charge on any atom is 0.426 e. The fourth-order valence-corrected chi connectivity index (χ4v) is 2.09. The van der Waals surface area contributed by atoms with Gasteiger partial charge in [0.15, 0.2) is 6.29 Å². The Morgan fingerprint density at radius 2 is 2.00 bits per heavy atom. The second kappa shape index (κ2) is 2.70. The van der Waals surface area contributed by atoms with Crippen LogP contribution < -0.4 is 0 Å². The van der Waals surface area contributed by atoms with Crippen molar-refractivity contribution in [2.24, 2.45) is 0 Å². The Balaban J connectivity index is 2.86. The van der Waals surface area contributed by atoms with E-state index in [4.69, 9.17) is 4.89 Å². The van der Waals surface area contributed by atoms with Gasteiger partial charge in [0.25, 0.3) is 5.85 Å². The minimum atomic E-state index is -4.87. The molecule has 0 radical (unpaired) electrons. The first-order chi connectivity index (χ1) is 5.23. The van der Waals surface area contributed by atoms with Gasteiger partial charge in [0.05, 0.1) is 0 Å². The van der Waals surface area contributed by atoms with Crippen molar-refractivity contribution in [2.45, 2.75) is 25.2 Å². The third-order valence-electron chi connectivity index (χ3n) is 1.20. The molecule has 1 N–H and O–H groups in total. The van der Waals surface area contributed by atoms with Gasteiger partial charge in [-0.05, 0) is 6.92 Å². The van der Waals surface area contributed by atoms with Gasteiger partial charge in [-0.25, -0.2) is 0 Å². The molecular formula is C4H6F3O4P. The summed E-state index contributed by atoms with van der Waals surface area (Å²) in [6.07, 6.45) is -6.16. The lowest BCUT2D eigenvalue weighted by Crippen LogP contribution is -2.28. The molecule has 1 heterocycles. The SMILES string of the molecule is CC1OC(C(F)(F)F)P(=O)(O)O1. The van der Waals surface area contributed by atoms with Crippen molar-refractivity contribution in [3.05, 3.63) is 0 Å². The highest BCUT2D eigenvalue weighted by Crippen LogP contribution is 2.59. The highest BCUT2D eigenvalue weighted by atomic mass is 31.2. The molecule has 4 nitrogen and oxygen atoms in total. The van der Waals surface area contributed by atoms with E-state index < -0.39 is 25.9 Å². The highest BCUT2D eigenvalue weighted by molar-refractivity contribution is 7.53. The monoisotopic (exact) mass is 206 g/mol. The molecule has 3 atom stereocenters. The molecule has 0 aromatic heterocycles. The summed E-state index contributed by atoms with van der Waals surface area (Å²) in [6.45, 7) is 1.12. The molecular weight excluding hydrogens is 200 g/mol. The summed E-state index contributed by atoms with van der Waals surface area (Å²) in [7, 11) is -4.68. The Kier molecular flexibility index (Phi) is 2.24. The van der Waals surface area contributed by atoms with E-state index in [-0.39, 0.29) is 0 Å². The molecule has 3 unspecified atom stereocenters. The van der Waals surface area contributed by atoms with Gasteiger partial charge >= 0.3 is 13.8 Å². The molecule has 0 aromatic carbocycles. The summed E-state index contributed by atoms with van der Waals surface area (Å²) in [5, 5.41) is 0. The zero-order valence-corrected chi connectivity index (χ0v) is 6.80. The average molecular weight is 206 g/mol. The van der Waals surface area contributed by atoms with Gasteiger partial charge in [0, 0.05) is 0 Å². The smallest absolute Gasteiger partial charge is 0.328 e. The lowest BCUT2D eigenvalue weighted by Gasteiger charge is -2.14. The fraction of sp³-hybridized carbons (Fsp3) is 1.00. The minimum Gasteiger partial charge on any atom is -0.328 e. The van der Waals surface area contributed by atoms with Gasteiger partial charge in [0.2, 0.25) is 0 Å². The van der Waals surface area contributed by atoms with E-state index in [9.17, 15) is 17.7 Å². The first-order valence-corrected chi connectivity index (χ1v) is 4.61. The average Bonchev–Trinajstić information content (AvgIpc) is 2.02. The molecule has 1 fully saturated rings. The van der Waals surface area contributed by atoms with E-state index in [0.717, 1.165) is 6.92 Å². The molecule has 1 aliphatic rings. The fourth-order valence-electron chi connectivity index (χ4n) is 0.813. The van der Waals surface area contributed by atoms with Crippen LogP contribution in [-0.2, 0) is 13.8 Å². The Bertz CT molecular complexity index is 227. The van der Waals surface area contributed by atoms with Gasteiger partial charge in [-0.2, -0.15) is 13.2 Å². The third kappa shape index (κ3) is 1.80. The first-order valence-electron chi connectivity index (χ1n) is 2.96. The molecule has 0 aliphatic carbocycles. The predicted octanol–water partition coefficient (Wildman–Crippen LogP) is 1.45. The summed E-state index contributed by atoms with van der Waals surface area (Å²) in [6, 6.07) is 0. The van der Waals surface area contributed by atoms with Crippen LogP contribution in [0.3, 0.4) is 0 Å². The summed E-state index contributed by atoms with van der Waals surface area (Å²) in [5.41, 5.74) is 0. The lowest BCUT2D eigenvalue weighted by molar-refractivity contribution is -0.204. The minimum absolute atomic E-state index is 1.12. The van der Waals surface area contributed by atoms with E-state index in [0.29, 0.717) is 0 Å². The number of halogens is 3. The van der Waals surface area contributed by atoms with E-state index in [1.165, 1.54) is 0 Å². The zero-order valence-electron chi connectivity index (χ0n) is 5.91. The Morgan fingerprint density at radius 1 is 1.50 bits per heavy atom. The van der Waals surface area contributed by atoms with Crippen LogP contribution in [0.5, 0.6) is 0 Å². The van der Waals surface area contributed by atoms with Gasteiger partial charge in [0.1, 0.15) is 0 Å². The molecule has 0 aromatic rings. The van der Waals surface area contributed by atoms with Crippen LogP contribution >= 0.6 is 7.60 Å². The van der Waals surface area contributed by atoms with E-state index in [2.05, 4.69) is 9.26 Å². The molecule has 12 heavy (non-hydrogen) atoms.